The van der Waals surface area contributed by atoms with E-state index >= 15 is 0 Å². The van der Waals surface area contributed by atoms with Crippen molar-refractivity contribution < 1.29 is 0 Å². The Morgan fingerprint density at radius 1 is 1.30 bits per heavy atom. The number of nitrogens with zero attached hydrogens (tertiary/aromatic N) is 2. The molecule has 6 heteroatoms. The van der Waals surface area contributed by atoms with Crippen molar-refractivity contribution >= 4 is 47.3 Å². The van der Waals surface area contributed by atoms with Gasteiger partial charge in [-0.3, -0.25) is 4.90 Å². The highest BCUT2D eigenvalue weighted by atomic mass is 35.5. The van der Waals surface area contributed by atoms with E-state index in [9.17, 15) is 0 Å². The van der Waals surface area contributed by atoms with Gasteiger partial charge in [-0.15, -0.1) is 24.8 Å². The number of halogens is 3. The van der Waals surface area contributed by atoms with Crippen molar-refractivity contribution in [1.29, 1.82) is 0 Å². The second-order valence-corrected chi connectivity index (χ2v) is 6.34. The van der Waals surface area contributed by atoms with Gasteiger partial charge in [0.05, 0.1) is 16.2 Å². The largest absolute Gasteiger partial charge is 0.319 e. The molecule has 1 saturated heterocycles. The Morgan fingerprint density at radius 2 is 2.04 bits per heavy atom. The Kier molecular flexibility index (Phi) is 8.05. The lowest BCUT2D eigenvalue weighted by atomic mass is 10.1. The Bertz CT molecular complexity index is 648. The number of para-hydroxylation sites is 1. The molecule has 1 atom stereocenters. The van der Waals surface area contributed by atoms with Gasteiger partial charge in [0.1, 0.15) is 0 Å². The second-order valence-electron chi connectivity index (χ2n) is 5.96. The predicted octanol–water partition coefficient (Wildman–Crippen LogP) is 4.08. The summed E-state index contributed by atoms with van der Waals surface area (Å²) in [6, 6.07) is 8.23. The van der Waals surface area contributed by atoms with E-state index in [-0.39, 0.29) is 24.8 Å². The number of benzene rings is 1. The average Bonchev–Trinajstić information content (AvgIpc) is 2.92. The molecule has 1 aromatic carbocycles. The van der Waals surface area contributed by atoms with Crippen LogP contribution in [0.25, 0.3) is 10.9 Å². The minimum Gasteiger partial charge on any atom is -0.319 e. The summed E-state index contributed by atoms with van der Waals surface area (Å²) in [5, 5.41) is 5.25. The first-order valence-corrected chi connectivity index (χ1v) is 7.97. The molecule has 2 aromatic rings. The molecule has 0 radical (unpaired) electrons. The summed E-state index contributed by atoms with van der Waals surface area (Å²) in [5.74, 6) is 0.746. The van der Waals surface area contributed by atoms with E-state index in [4.69, 9.17) is 16.6 Å². The highest BCUT2D eigenvalue weighted by Gasteiger charge is 2.23. The molecule has 1 aromatic heterocycles. The number of hydrogen-bond donors (Lipinski definition) is 1. The first kappa shape index (κ1) is 20.5. The van der Waals surface area contributed by atoms with Gasteiger partial charge in [-0.05, 0) is 51.0 Å². The minimum absolute atomic E-state index is 0. The molecular weight excluding hydrogens is 353 g/mol. The third-order valence-corrected chi connectivity index (χ3v) is 4.88. The molecule has 1 N–H and O–H groups in total. The zero-order chi connectivity index (χ0) is 14.8. The van der Waals surface area contributed by atoms with Crippen LogP contribution in [0, 0.1) is 12.8 Å². The molecule has 0 aliphatic carbocycles. The molecule has 23 heavy (non-hydrogen) atoms. The fourth-order valence-corrected chi connectivity index (χ4v) is 3.45. The summed E-state index contributed by atoms with van der Waals surface area (Å²) in [5.41, 5.74) is 3.20. The summed E-state index contributed by atoms with van der Waals surface area (Å²) in [7, 11) is 2.02. The normalized spacial score (nSPS) is 17.8. The lowest BCUT2D eigenvalue weighted by Crippen LogP contribution is -2.24. The summed E-state index contributed by atoms with van der Waals surface area (Å²) in [6.07, 6.45) is 1.25. The fourth-order valence-electron chi connectivity index (χ4n) is 3.25. The molecule has 3 nitrogen and oxygen atoms in total. The third-order valence-electron chi connectivity index (χ3n) is 4.38. The number of hydrogen-bond acceptors (Lipinski definition) is 3. The topological polar surface area (TPSA) is 28.2 Å². The minimum atomic E-state index is 0. The lowest BCUT2D eigenvalue weighted by Gasteiger charge is -2.18. The predicted molar refractivity (Wildman–Crippen MR) is 103 cm³/mol. The molecule has 1 aliphatic heterocycles. The summed E-state index contributed by atoms with van der Waals surface area (Å²) in [4.78, 5) is 7.24. The first-order valence-electron chi connectivity index (χ1n) is 7.59. The third kappa shape index (κ3) is 4.49. The van der Waals surface area contributed by atoms with Gasteiger partial charge in [0.15, 0.2) is 0 Å². The summed E-state index contributed by atoms with van der Waals surface area (Å²) < 4.78 is 0. The number of likely N-dealkylation sites (tertiary alicyclic amines) is 1. The smallest absolute Gasteiger partial charge is 0.0740 e. The van der Waals surface area contributed by atoms with Gasteiger partial charge in [-0.25, -0.2) is 4.98 Å². The molecule has 1 unspecified atom stereocenters. The van der Waals surface area contributed by atoms with Crippen LogP contribution in [0.4, 0.5) is 0 Å². The molecule has 0 amide bonds. The Labute approximate surface area is 155 Å². The van der Waals surface area contributed by atoms with Gasteiger partial charge in [-0.1, -0.05) is 29.8 Å². The van der Waals surface area contributed by atoms with Crippen LogP contribution >= 0.6 is 36.4 Å². The van der Waals surface area contributed by atoms with Crippen LogP contribution in [-0.2, 0) is 6.54 Å². The standard InChI is InChI=1S/C17H22ClN3.2ClH/c1-12-14-5-3-4-6-15(14)20-16(17(12)18)11-21-8-7-13(10-21)9-19-2;;/h3-6,13,19H,7-11H2,1-2H3;2*1H. The highest BCUT2D eigenvalue weighted by molar-refractivity contribution is 6.32. The molecule has 0 bridgehead atoms. The van der Waals surface area contributed by atoms with Crippen LogP contribution in [0.5, 0.6) is 0 Å². The molecule has 3 rings (SSSR count). The van der Waals surface area contributed by atoms with Crippen molar-refractivity contribution in [3.63, 3.8) is 0 Å². The maximum atomic E-state index is 6.55. The van der Waals surface area contributed by atoms with Crippen molar-refractivity contribution in [2.45, 2.75) is 19.9 Å². The van der Waals surface area contributed by atoms with Crippen molar-refractivity contribution in [2.24, 2.45) is 5.92 Å². The van der Waals surface area contributed by atoms with Crippen LogP contribution < -0.4 is 5.32 Å². The fraction of sp³-hybridized carbons (Fsp3) is 0.471. The van der Waals surface area contributed by atoms with Crippen molar-refractivity contribution in [1.82, 2.24) is 15.2 Å². The maximum absolute atomic E-state index is 6.55. The molecule has 128 valence electrons. The van der Waals surface area contributed by atoms with E-state index in [1.165, 1.54) is 6.42 Å². The van der Waals surface area contributed by atoms with E-state index in [0.29, 0.717) is 0 Å². The van der Waals surface area contributed by atoms with Crippen LogP contribution in [0.15, 0.2) is 24.3 Å². The summed E-state index contributed by atoms with van der Waals surface area (Å²) >= 11 is 6.55. The van der Waals surface area contributed by atoms with Gasteiger partial charge in [0, 0.05) is 18.5 Å². The molecule has 2 heterocycles. The van der Waals surface area contributed by atoms with Gasteiger partial charge in [0.25, 0.3) is 0 Å². The number of nitrogens with one attached hydrogen (secondary N) is 1. The molecular formula is C17H24Cl3N3. The quantitative estimate of drug-likeness (QED) is 0.871. The number of aromatic nitrogens is 1. The highest BCUT2D eigenvalue weighted by Crippen LogP contribution is 2.28. The van der Waals surface area contributed by atoms with Gasteiger partial charge in [0.2, 0.25) is 0 Å². The van der Waals surface area contributed by atoms with Crippen molar-refractivity contribution in [2.75, 3.05) is 26.7 Å². The second kappa shape index (κ2) is 9.05. The van der Waals surface area contributed by atoms with Gasteiger partial charge in [-0.2, -0.15) is 0 Å². The van der Waals surface area contributed by atoms with Crippen LogP contribution in [-0.4, -0.2) is 36.6 Å². The molecule has 1 fully saturated rings. The van der Waals surface area contributed by atoms with E-state index in [0.717, 1.165) is 59.3 Å². The molecule has 0 saturated carbocycles. The Morgan fingerprint density at radius 3 is 2.78 bits per heavy atom. The van der Waals surface area contributed by atoms with E-state index < -0.39 is 0 Å². The monoisotopic (exact) mass is 375 g/mol. The zero-order valence-corrected chi connectivity index (χ0v) is 15.9. The SMILES string of the molecule is CNCC1CCN(Cc2nc3ccccc3c(C)c2Cl)C1.Cl.Cl. The van der Waals surface area contributed by atoms with E-state index in [1.54, 1.807) is 0 Å². The average molecular weight is 377 g/mol. The Hall–Kier alpha value is -0.580. The first-order chi connectivity index (χ1) is 10.2. The number of pyridine rings is 1. The lowest BCUT2D eigenvalue weighted by molar-refractivity contribution is 0.312. The zero-order valence-electron chi connectivity index (χ0n) is 13.5. The van der Waals surface area contributed by atoms with Crippen molar-refractivity contribution in [3.8, 4) is 0 Å². The van der Waals surface area contributed by atoms with Gasteiger partial charge < -0.3 is 5.32 Å². The maximum Gasteiger partial charge on any atom is 0.0740 e. The van der Waals surface area contributed by atoms with E-state index in [1.807, 2.05) is 19.2 Å². The van der Waals surface area contributed by atoms with Gasteiger partial charge >= 0.3 is 0 Å². The van der Waals surface area contributed by atoms with E-state index in [2.05, 4.69) is 29.3 Å². The molecule has 0 spiro atoms. The van der Waals surface area contributed by atoms with Crippen LogP contribution in [0.1, 0.15) is 17.7 Å². The molecule has 1 aliphatic rings. The summed E-state index contributed by atoms with van der Waals surface area (Å²) in [6.45, 7) is 6.30. The van der Waals surface area contributed by atoms with Crippen LogP contribution in [0.3, 0.4) is 0 Å². The number of aryl methyl sites for hydroxylation is 1. The van der Waals surface area contributed by atoms with Crippen LogP contribution in [0.2, 0.25) is 5.02 Å². The Balaban J connectivity index is 0.00000132. The number of rotatable bonds is 4. The van der Waals surface area contributed by atoms with Crippen molar-refractivity contribution in [3.05, 3.63) is 40.5 Å². The number of fused-ring (bicyclic) bond motifs is 1.